The first-order valence-electron chi connectivity index (χ1n) is 9.29. The van der Waals surface area contributed by atoms with Gasteiger partial charge in [-0.1, -0.05) is 31.9 Å². The molecule has 0 aliphatic carbocycles. The number of nitrogens with zero attached hydrogens (tertiary/aromatic N) is 2. The van der Waals surface area contributed by atoms with E-state index in [1.807, 2.05) is 0 Å². The Morgan fingerprint density at radius 3 is 2.32 bits per heavy atom. The predicted octanol–water partition coefficient (Wildman–Crippen LogP) is 1.74. The van der Waals surface area contributed by atoms with E-state index in [1.165, 1.54) is 36.2 Å². The lowest BCUT2D eigenvalue weighted by molar-refractivity contribution is -0.140. The number of amides is 2. The predicted molar refractivity (Wildman–Crippen MR) is 106 cm³/mol. The topological polar surface area (TPSA) is 86.8 Å². The van der Waals surface area contributed by atoms with Gasteiger partial charge in [0.1, 0.15) is 11.9 Å². The van der Waals surface area contributed by atoms with Crippen LogP contribution in [0.5, 0.6) is 0 Å². The van der Waals surface area contributed by atoms with E-state index >= 15 is 0 Å². The second-order valence-corrected chi connectivity index (χ2v) is 8.93. The van der Waals surface area contributed by atoms with Crippen molar-refractivity contribution < 1.29 is 22.4 Å². The summed E-state index contributed by atoms with van der Waals surface area (Å²) < 4.78 is 37.3. The van der Waals surface area contributed by atoms with Crippen LogP contribution < -0.4 is 5.32 Å². The zero-order valence-electron chi connectivity index (χ0n) is 16.9. The van der Waals surface area contributed by atoms with E-state index in [0.29, 0.717) is 12.1 Å². The van der Waals surface area contributed by atoms with Crippen LogP contribution in [0.25, 0.3) is 0 Å². The number of rotatable bonds is 11. The van der Waals surface area contributed by atoms with Crippen LogP contribution >= 0.6 is 0 Å². The molecule has 0 spiro atoms. The zero-order valence-corrected chi connectivity index (χ0v) is 17.8. The number of nitrogens with one attached hydrogen (secondary N) is 1. The highest BCUT2D eigenvalue weighted by Crippen LogP contribution is 2.12. The Bertz CT molecular complexity index is 753. The first kappa shape index (κ1) is 24.0. The normalized spacial score (nSPS) is 12.6. The summed E-state index contributed by atoms with van der Waals surface area (Å²) in [4.78, 5) is 26.6. The van der Waals surface area contributed by atoms with Crippen LogP contribution in [0.2, 0.25) is 0 Å². The SMILES string of the molecule is CCCCCNC(=O)C(C)N(Cc1ccc(F)cc1)C(=O)CN(C)S(C)(=O)=O. The Morgan fingerprint density at radius 2 is 1.79 bits per heavy atom. The summed E-state index contributed by atoms with van der Waals surface area (Å²) in [6.45, 7) is 3.86. The van der Waals surface area contributed by atoms with E-state index in [9.17, 15) is 22.4 Å². The molecule has 158 valence electrons. The maximum absolute atomic E-state index is 13.2. The molecular weight excluding hydrogens is 385 g/mol. The van der Waals surface area contributed by atoms with Crippen LogP contribution in [-0.4, -0.2) is 61.9 Å². The van der Waals surface area contributed by atoms with E-state index in [-0.39, 0.29) is 19.0 Å². The van der Waals surface area contributed by atoms with Crippen molar-refractivity contribution in [2.24, 2.45) is 0 Å². The summed E-state index contributed by atoms with van der Waals surface area (Å²) in [5.41, 5.74) is 0.641. The number of hydrogen-bond acceptors (Lipinski definition) is 4. The van der Waals surface area contributed by atoms with Crippen LogP contribution in [0.3, 0.4) is 0 Å². The molecule has 1 N–H and O–H groups in total. The Hall–Kier alpha value is -2.00. The highest BCUT2D eigenvalue weighted by Gasteiger charge is 2.28. The molecule has 0 saturated heterocycles. The van der Waals surface area contributed by atoms with Gasteiger partial charge in [0.25, 0.3) is 0 Å². The van der Waals surface area contributed by atoms with Gasteiger partial charge < -0.3 is 10.2 Å². The maximum Gasteiger partial charge on any atom is 0.242 e. The van der Waals surface area contributed by atoms with E-state index in [1.54, 1.807) is 6.92 Å². The smallest absolute Gasteiger partial charge is 0.242 e. The summed E-state index contributed by atoms with van der Waals surface area (Å²) in [7, 11) is -2.24. The minimum Gasteiger partial charge on any atom is -0.354 e. The van der Waals surface area contributed by atoms with Crippen molar-refractivity contribution >= 4 is 21.8 Å². The molecule has 0 heterocycles. The van der Waals surface area contributed by atoms with E-state index in [0.717, 1.165) is 29.8 Å². The van der Waals surface area contributed by atoms with Crippen molar-refractivity contribution in [1.82, 2.24) is 14.5 Å². The molecule has 2 amide bonds. The number of halogens is 1. The largest absolute Gasteiger partial charge is 0.354 e. The number of carbonyl (C=O) groups excluding carboxylic acids is 2. The summed E-state index contributed by atoms with van der Waals surface area (Å²) in [6, 6.07) is 4.81. The van der Waals surface area contributed by atoms with Gasteiger partial charge in [-0.05, 0) is 31.0 Å². The number of carbonyl (C=O) groups is 2. The lowest BCUT2D eigenvalue weighted by atomic mass is 10.1. The van der Waals surface area contributed by atoms with Crippen LogP contribution in [0.1, 0.15) is 38.7 Å². The molecule has 7 nitrogen and oxygen atoms in total. The second kappa shape index (κ2) is 11.1. The van der Waals surface area contributed by atoms with Gasteiger partial charge in [-0.3, -0.25) is 9.59 Å². The molecule has 1 unspecified atom stereocenters. The Balaban J connectivity index is 2.93. The molecule has 1 aromatic rings. The molecule has 1 rings (SSSR count). The number of unbranched alkanes of at least 4 members (excludes halogenated alkanes) is 2. The quantitative estimate of drug-likeness (QED) is 0.558. The zero-order chi connectivity index (χ0) is 21.3. The standard InChI is InChI=1S/C19H30FN3O4S/c1-5-6-7-12-21-19(25)15(2)23(13-16-8-10-17(20)11-9-16)18(24)14-22(3)28(4,26)27/h8-11,15H,5-7,12-14H2,1-4H3,(H,21,25). The first-order valence-corrected chi connectivity index (χ1v) is 11.1. The third-order valence-corrected chi connectivity index (χ3v) is 5.70. The Morgan fingerprint density at radius 1 is 1.18 bits per heavy atom. The molecule has 0 aliphatic rings. The Labute approximate surface area is 166 Å². The fourth-order valence-corrected chi connectivity index (χ4v) is 2.85. The molecule has 0 radical (unpaired) electrons. The number of hydrogen-bond donors (Lipinski definition) is 1. The molecule has 0 aromatic heterocycles. The molecule has 1 atom stereocenters. The lowest BCUT2D eigenvalue weighted by Crippen LogP contribution is -2.50. The molecule has 0 saturated carbocycles. The minimum absolute atomic E-state index is 0.0697. The van der Waals surface area contributed by atoms with Gasteiger partial charge in [-0.25, -0.2) is 12.8 Å². The number of sulfonamides is 1. The van der Waals surface area contributed by atoms with Gasteiger partial charge in [0.2, 0.25) is 21.8 Å². The lowest BCUT2D eigenvalue weighted by Gasteiger charge is -2.30. The third kappa shape index (κ3) is 7.93. The van der Waals surface area contributed by atoms with E-state index in [2.05, 4.69) is 12.2 Å². The summed E-state index contributed by atoms with van der Waals surface area (Å²) >= 11 is 0. The highest BCUT2D eigenvalue weighted by atomic mass is 32.2. The van der Waals surface area contributed by atoms with E-state index in [4.69, 9.17) is 0 Å². The molecule has 0 fully saturated rings. The average molecular weight is 416 g/mol. The van der Waals surface area contributed by atoms with Crippen molar-refractivity contribution in [2.75, 3.05) is 26.4 Å². The minimum atomic E-state index is -3.54. The third-order valence-electron chi connectivity index (χ3n) is 4.44. The van der Waals surface area contributed by atoms with Crippen molar-refractivity contribution in [2.45, 2.75) is 45.7 Å². The average Bonchev–Trinajstić information content (AvgIpc) is 2.63. The Kier molecular flexibility index (Phi) is 9.54. The van der Waals surface area contributed by atoms with Gasteiger partial charge in [-0.15, -0.1) is 0 Å². The molecule has 28 heavy (non-hydrogen) atoms. The monoisotopic (exact) mass is 415 g/mol. The summed E-state index contributed by atoms with van der Waals surface area (Å²) in [5, 5.41) is 2.81. The van der Waals surface area contributed by atoms with Crippen LogP contribution in [0.15, 0.2) is 24.3 Å². The summed E-state index contributed by atoms with van der Waals surface area (Å²) in [5.74, 6) is -1.22. The molecule has 9 heteroatoms. The number of likely N-dealkylation sites (N-methyl/N-ethyl adjacent to an activating group) is 1. The molecule has 0 bridgehead atoms. The van der Waals surface area contributed by atoms with Gasteiger partial charge in [0.05, 0.1) is 12.8 Å². The van der Waals surface area contributed by atoms with Gasteiger partial charge in [0, 0.05) is 20.1 Å². The highest BCUT2D eigenvalue weighted by molar-refractivity contribution is 7.88. The van der Waals surface area contributed by atoms with Crippen LogP contribution in [0, 0.1) is 5.82 Å². The van der Waals surface area contributed by atoms with Crippen molar-refractivity contribution in [3.8, 4) is 0 Å². The fourth-order valence-electron chi connectivity index (χ4n) is 2.50. The van der Waals surface area contributed by atoms with Gasteiger partial charge >= 0.3 is 0 Å². The van der Waals surface area contributed by atoms with Crippen LogP contribution in [0.4, 0.5) is 4.39 Å². The molecule has 0 aliphatic heterocycles. The maximum atomic E-state index is 13.2. The van der Waals surface area contributed by atoms with Crippen molar-refractivity contribution in [1.29, 1.82) is 0 Å². The van der Waals surface area contributed by atoms with E-state index < -0.39 is 27.8 Å². The van der Waals surface area contributed by atoms with Crippen molar-refractivity contribution in [3.63, 3.8) is 0 Å². The van der Waals surface area contributed by atoms with Gasteiger partial charge in [0.15, 0.2) is 0 Å². The van der Waals surface area contributed by atoms with Crippen molar-refractivity contribution in [3.05, 3.63) is 35.6 Å². The molecule has 1 aromatic carbocycles. The van der Waals surface area contributed by atoms with Gasteiger partial charge in [-0.2, -0.15) is 4.31 Å². The molecular formula is C19H30FN3O4S. The first-order chi connectivity index (χ1) is 13.1. The summed E-state index contributed by atoms with van der Waals surface area (Å²) in [6.07, 6.45) is 3.87. The second-order valence-electron chi connectivity index (χ2n) is 6.84. The fraction of sp³-hybridized carbons (Fsp3) is 0.579. The number of benzene rings is 1. The van der Waals surface area contributed by atoms with Crippen LogP contribution in [-0.2, 0) is 26.2 Å².